The SMILES string of the molecule is COC[C@@H](OC)[C@@H](OC)[C@H](OC)[C@H](CNC(=O)CCCCCCCCCCC(=O)NCc1ccc(N2C(=O)[C@H](CC[C@H](O)c3ccc(F)cc3)C2c2ccc(OC)cc2)cc1)OC. The van der Waals surface area contributed by atoms with Crippen molar-refractivity contribution < 1.29 is 52.3 Å². The van der Waals surface area contributed by atoms with Crippen molar-refractivity contribution in [2.75, 3.05) is 60.7 Å². The van der Waals surface area contributed by atoms with E-state index in [-0.39, 0.29) is 48.1 Å². The van der Waals surface area contributed by atoms with Crippen molar-refractivity contribution in [3.63, 3.8) is 0 Å². The summed E-state index contributed by atoms with van der Waals surface area (Å²) in [7, 11) is 9.54. The molecule has 0 spiro atoms. The third-order valence-corrected chi connectivity index (χ3v) is 12.0. The zero-order chi connectivity index (χ0) is 45.6. The van der Waals surface area contributed by atoms with Gasteiger partial charge >= 0.3 is 0 Å². The fraction of sp³-hybridized carbons (Fsp3) is 0.571. The van der Waals surface area contributed by atoms with Crippen LogP contribution < -0.4 is 20.3 Å². The minimum atomic E-state index is -0.805. The van der Waals surface area contributed by atoms with Crippen LogP contribution in [0.1, 0.15) is 106 Å². The second kappa shape index (κ2) is 27.7. The van der Waals surface area contributed by atoms with Gasteiger partial charge in [-0.1, -0.05) is 74.9 Å². The summed E-state index contributed by atoms with van der Waals surface area (Å²) in [5.41, 5.74) is 3.28. The van der Waals surface area contributed by atoms with E-state index in [1.54, 1.807) is 59.7 Å². The second-order valence-electron chi connectivity index (χ2n) is 16.2. The van der Waals surface area contributed by atoms with Gasteiger partial charge in [-0.05, 0) is 78.8 Å². The molecule has 3 N–H and O–H groups in total. The Morgan fingerprint density at radius 1 is 0.698 bits per heavy atom. The van der Waals surface area contributed by atoms with Gasteiger partial charge in [-0.3, -0.25) is 14.4 Å². The number of amides is 3. The molecule has 1 fully saturated rings. The van der Waals surface area contributed by atoms with Crippen molar-refractivity contribution >= 4 is 23.4 Å². The Balaban J connectivity index is 1.10. The molecule has 0 aromatic heterocycles. The molecular weight excluding hydrogens is 810 g/mol. The lowest BCUT2D eigenvalue weighted by Gasteiger charge is -2.48. The van der Waals surface area contributed by atoms with E-state index in [1.807, 2.05) is 48.5 Å². The first-order valence-electron chi connectivity index (χ1n) is 22.2. The van der Waals surface area contributed by atoms with Crippen molar-refractivity contribution in [3.8, 4) is 5.75 Å². The minimum absolute atomic E-state index is 0.0128. The Morgan fingerprint density at radius 2 is 1.25 bits per heavy atom. The van der Waals surface area contributed by atoms with Gasteiger partial charge in [-0.2, -0.15) is 0 Å². The number of aliphatic hydroxyl groups is 1. The molecule has 3 aromatic carbocycles. The van der Waals surface area contributed by atoms with Gasteiger partial charge in [0.05, 0.1) is 31.8 Å². The maximum absolute atomic E-state index is 13.6. The summed E-state index contributed by atoms with van der Waals surface area (Å²) in [6, 6.07) is 20.9. The first-order valence-corrected chi connectivity index (χ1v) is 22.2. The lowest BCUT2D eigenvalue weighted by molar-refractivity contribution is -0.158. The van der Waals surface area contributed by atoms with E-state index in [4.69, 9.17) is 28.4 Å². The van der Waals surface area contributed by atoms with Gasteiger partial charge in [0, 0.05) is 67.2 Å². The minimum Gasteiger partial charge on any atom is -0.497 e. The highest BCUT2D eigenvalue weighted by Crippen LogP contribution is 2.46. The average molecular weight is 880 g/mol. The Bertz CT molecular complexity index is 1780. The number of ether oxygens (including phenoxy) is 6. The zero-order valence-electron chi connectivity index (χ0n) is 38.0. The molecule has 1 unspecified atom stereocenters. The van der Waals surface area contributed by atoms with Crippen molar-refractivity contribution in [1.82, 2.24) is 10.6 Å². The lowest BCUT2D eigenvalue weighted by Crippen LogP contribution is -2.55. The highest BCUT2D eigenvalue weighted by molar-refractivity contribution is 6.03. The van der Waals surface area contributed by atoms with Crippen molar-refractivity contribution in [3.05, 3.63) is 95.3 Å². The number of rotatable bonds is 31. The van der Waals surface area contributed by atoms with Crippen LogP contribution in [0.3, 0.4) is 0 Å². The Morgan fingerprint density at radius 3 is 1.79 bits per heavy atom. The van der Waals surface area contributed by atoms with Crippen LogP contribution in [0, 0.1) is 11.7 Å². The number of hydrogen-bond acceptors (Lipinski definition) is 10. The van der Waals surface area contributed by atoms with E-state index in [0.717, 1.165) is 73.9 Å². The first kappa shape index (κ1) is 51.2. The molecule has 348 valence electrons. The highest BCUT2D eigenvalue weighted by atomic mass is 19.1. The quantitative estimate of drug-likeness (QED) is 0.0441. The molecular formula is C49H70FN3O10. The molecule has 0 saturated carbocycles. The number of benzene rings is 3. The fourth-order valence-corrected chi connectivity index (χ4v) is 8.28. The molecule has 14 heteroatoms. The first-order chi connectivity index (χ1) is 30.6. The third-order valence-electron chi connectivity index (χ3n) is 12.0. The summed E-state index contributed by atoms with van der Waals surface area (Å²) in [6.07, 6.45) is 7.14. The van der Waals surface area contributed by atoms with Gasteiger partial charge in [0.25, 0.3) is 0 Å². The summed E-state index contributed by atoms with van der Waals surface area (Å²) in [4.78, 5) is 40.6. The predicted octanol–water partition coefficient (Wildman–Crippen LogP) is 7.39. The summed E-state index contributed by atoms with van der Waals surface area (Å²) in [5.74, 6) is -0.00981. The van der Waals surface area contributed by atoms with Gasteiger partial charge in [-0.15, -0.1) is 0 Å². The molecule has 1 saturated heterocycles. The number of β-lactam (4-membered cyclic amide) rings is 1. The second-order valence-corrected chi connectivity index (χ2v) is 16.2. The van der Waals surface area contributed by atoms with Crippen LogP contribution >= 0.6 is 0 Å². The van der Waals surface area contributed by atoms with Crippen LogP contribution in [0.5, 0.6) is 5.75 Å². The molecule has 0 radical (unpaired) electrons. The van der Waals surface area contributed by atoms with Gasteiger partial charge in [0.15, 0.2) is 0 Å². The Kier molecular flexibility index (Phi) is 22.5. The van der Waals surface area contributed by atoms with Crippen LogP contribution in [-0.2, 0) is 44.6 Å². The molecule has 1 heterocycles. The number of nitrogens with one attached hydrogen (secondary N) is 2. The van der Waals surface area contributed by atoms with Gasteiger partial charge in [0.2, 0.25) is 17.7 Å². The Hall–Kier alpha value is -4.44. The lowest BCUT2D eigenvalue weighted by atomic mass is 9.78. The number of unbranched alkanes of at least 4 members (excludes halogenated alkanes) is 7. The van der Waals surface area contributed by atoms with Crippen LogP contribution in [0.25, 0.3) is 0 Å². The van der Waals surface area contributed by atoms with Gasteiger partial charge in [0.1, 0.15) is 36.0 Å². The number of nitrogens with zero attached hydrogens (tertiary/aromatic N) is 1. The third kappa shape index (κ3) is 15.6. The molecule has 1 aliphatic heterocycles. The van der Waals surface area contributed by atoms with E-state index in [9.17, 15) is 23.9 Å². The van der Waals surface area contributed by atoms with Crippen molar-refractivity contribution in [2.24, 2.45) is 5.92 Å². The molecule has 7 atom stereocenters. The average Bonchev–Trinajstić information content (AvgIpc) is 3.30. The maximum atomic E-state index is 13.6. The number of hydrogen-bond donors (Lipinski definition) is 3. The monoisotopic (exact) mass is 880 g/mol. The smallest absolute Gasteiger partial charge is 0.233 e. The van der Waals surface area contributed by atoms with Crippen LogP contribution in [0.15, 0.2) is 72.8 Å². The van der Waals surface area contributed by atoms with Gasteiger partial charge < -0.3 is 49.1 Å². The summed E-state index contributed by atoms with van der Waals surface area (Å²) >= 11 is 0. The topological polar surface area (TPSA) is 154 Å². The van der Waals surface area contributed by atoms with E-state index >= 15 is 0 Å². The van der Waals surface area contributed by atoms with Gasteiger partial charge in [-0.25, -0.2) is 4.39 Å². The molecule has 13 nitrogen and oxygen atoms in total. The number of methoxy groups -OCH3 is 6. The summed E-state index contributed by atoms with van der Waals surface area (Å²) in [5, 5.41) is 16.8. The number of halogens is 1. The number of aliphatic hydroxyl groups excluding tert-OH is 1. The van der Waals surface area contributed by atoms with E-state index in [2.05, 4.69) is 10.6 Å². The van der Waals surface area contributed by atoms with Crippen LogP contribution in [-0.4, -0.2) is 103 Å². The molecule has 3 aromatic rings. The van der Waals surface area contributed by atoms with Crippen molar-refractivity contribution in [2.45, 2.75) is 120 Å². The molecule has 1 aliphatic rings. The Labute approximate surface area is 373 Å². The summed E-state index contributed by atoms with van der Waals surface area (Å²) < 4.78 is 46.6. The molecule has 0 bridgehead atoms. The fourth-order valence-electron chi connectivity index (χ4n) is 8.28. The molecule has 0 aliphatic carbocycles. The predicted molar refractivity (Wildman–Crippen MR) is 240 cm³/mol. The molecule has 3 amide bonds. The van der Waals surface area contributed by atoms with E-state index in [1.165, 1.54) is 12.1 Å². The maximum Gasteiger partial charge on any atom is 0.233 e. The number of carbonyl (C=O) groups excluding carboxylic acids is 3. The largest absolute Gasteiger partial charge is 0.497 e. The number of anilines is 1. The zero-order valence-corrected chi connectivity index (χ0v) is 38.0. The van der Waals surface area contributed by atoms with E-state index in [0.29, 0.717) is 44.4 Å². The molecule has 63 heavy (non-hydrogen) atoms. The highest BCUT2D eigenvalue weighted by Gasteiger charge is 2.48. The van der Waals surface area contributed by atoms with Crippen LogP contribution in [0.4, 0.5) is 10.1 Å². The van der Waals surface area contributed by atoms with E-state index < -0.39 is 24.4 Å². The number of carbonyl (C=O) groups is 3. The summed E-state index contributed by atoms with van der Waals surface area (Å²) in [6.45, 7) is 1.01. The normalized spacial score (nSPS) is 17.3. The molecule has 4 rings (SSSR count). The standard InChI is InChI=1S/C49H70FN3O10/c1-58-33-43(61-4)48(63-6)47(62-5)42(60-3)32-52-45(56)16-14-12-10-8-7-9-11-13-15-44(55)51-31-34-17-25-38(26-18-34)53-46(36-21-27-39(59-2)28-22-36)40(49(53)57)29-30-41(54)35-19-23-37(50)24-20-35/h17-28,40-43,46-48,54H,7-16,29-33H2,1-6H3,(H,51,55)(H,52,56)/t40-,41+,42+,43-,46?,47-,48-/m1/s1. The van der Waals surface area contributed by atoms with Crippen LogP contribution in [0.2, 0.25) is 0 Å². The van der Waals surface area contributed by atoms with Crippen molar-refractivity contribution in [1.29, 1.82) is 0 Å².